The lowest BCUT2D eigenvalue weighted by atomic mass is 10.0. The summed E-state index contributed by atoms with van der Waals surface area (Å²) in [7, 11) is 0. The first-order valence-corrected chi connectivity index (χ1v) is 8.52. The number of hydrogen-bond acceptors (Lipinski definition) is 3. The van der Waals surface area contributed by atoms with E-state index in [1.807, 2.05) is 36.4 Å². The van der Waals surface area contributed by atoms with Crippen molar-refractivity contribution in [3.05, 3.63) is 90.5 Å². The van der Waals surface area contributed by atoms with Crippen LogP contribution in [0, 0.1) is 5.92 Å². The number of aliphatic hydroxyl groups is 2. The van der Waals surface area contributed by atoms with Gasteiger partial charge in [0.15, 0.2) is 0 Å². The van der Waals surface area contributed by atoms with Gasteiger partial charge in [0.2, 0.25) is 0 Å². The van der Waals surface area contributed by atoms with Crippen molar-refractivity contribution in [1.82, 2.24) is 0 Å². The van der Waals surface area contributed by atoms with Crippen molar-refractivity contribution in [1.29, 1.82) is 0 Å². The van der Waals surface area contributed by atoms with Crippen LogP contribution in [0.25, 0.3) is 0 Å². The second kappa shape index (κ2) is 8.47. The maximum atomic E-state index is 9.26. The molecule has 3 rings (SSSR count). The highest BCUT2D eigenvalue weighted by atomic mass is 16.3. The first-order valence-electron chi connectivity index (χ1n) is 8.52. The third kappa shape index (κ3) is 4.27. The summed E-state index contributed by atoms with van der Waals surface area (Å²) in [6, 6.07) is 28.8. The molecule has 0 aromatic heterocycles. The van der Waals surface area contributed by atoms with Crippen molar-refractivity contribution < 1.29 is 10.2 Å². The number of anilines is 3. The third-order valence-corrected chi connectivity index (χ3v) is 4.26. The fraction of sp³-hybridized carbons (Fsp3) is 0.182. The number of para-hydroxylation sites is 2. The Morgan fingerprint density at radius 3 is 1.48 bits per heavy atom. The molecule has 25 heavy (non-hydrogen) atoms. The zero-order chi connectivity index (χ0) is 17.5. The zero-order valence-electron chi connectivity index (χ0n) is 14.1. The van der Waals surface area contributed by atoms with E-state index < -0.39 is 0 Å². The van der Waals surface area contributed by atoms with E-state index in [-0.39, 0.29) is 19.1 Å². The van der Waals surface area contributed by atoms with E-state index in [0.29, 0.717) is 6.42 Å². The Labute approximate surface area is 148 Å². The monoisotopic (exact) mass is 333 g/mol. The average molecular weight is 333 g/mol. The Balaban J connectivity index is 1.92. The van der Waals surface area contributed by atoms with Crippen LogP contribution in [0.3, 0.4) is 0 Å². The molecule has 128 valence electrons. The van der Waals surface area contributed by atoms with E-state index in [2.05, 4.69) is 53.4 Å². The maximum absolute atomic E-state index is 9.26. The molecule has 0 unspecified atom stereocenters. The normalized spacial score (nSPS) is 10.8. The molecule has 0 aliphatic heterocycles. The van der Waals surface area contributed by atoms with Gasteiger partial charge in [-0.05, 0) is 48.4 Å². The van der Waals surface area contributed by atoms with Gasteiger partial charge in [0.05, 0.1) is 0 Å². The van der Waals surface area contributed by atoms with Crippen molar-refractivity contribution in [3.8, 4) is 0 Å². The van der Waals surface area contributed by atoms with E-state index in [1.165, 1.54) is 0 Å². The van der Waals surface area contributed by atoms with Crippen molar-refractivity contribution in [2.24, 2.45) is 5.92 Å². The second-order valence-electron chi connectivity index (χ2n) is 6.11. The van der Waals surface area contributed by atoms with Crippen LogP contribution < -0.4 is 4.90 Å². The molecule has 0 atom stereocenters. The van der Waals surface area contributed by atoms with Crippen molar-refractivity contribution >= 4 is 17.1 Å². The lowest BCUT2D eigenvalue weighted by Crippen LogP contribution is -2.14. The van der Waals surface area contributed by atoms with Gasteiger partial charge in [-0.2, -0.15) is 0 Å². The lowest BCUT2D eigenvalue weighted by molar-refractivity contribution is 0.150. The number of nitrogens with zero attached hydrogens (tertiary/aromatic N) is 1. The molecule has 3 aromatic carbocycles. The zero-order valence-corrected chi connectivity index (χ0v) is 14.1. The van der Waals surface area contributed by atoms with E-state index in [1.54, 1.807) is 0 Å². The molecule has 0 bridgehead atoms. The Morgan fingerprint density at radius 1 is 0.600 bits per heavy atom. The smallest absolute Gasteiger partial charge is 0.0484 e. The minimum absolute atomic E-state index is 0.00158. The van der Waals surface area contributed by atoms with Crippen LogP contribution in [0.5, 0.6) is 0 Å². The number of hydrogen-bond donors (Lipinski definition) is 2. The fourth-order valence-electron chi connectivity index (χ4n) is 2.90. The van der Waals surface area contributed by atoms with Gasteiger partial charge in [-0.15, -0.1) is 0 Å². The minimum Gasteiger partial charge on any atom is -0.396 e. The van der Waals surface area contributed by atoms with Crippen LogP contribution in [0.4, 0.5) is 17.1 Å². The second-order valence-corrected chi connectivity index (χ2v) is 6.11. The molecule has 0 heterocycles. The first kappa shape index (κ1) is 17.2. The largest absolute Gasteiger partial charge is 0.396 e. The highest BCUT2D eigenvalue weighted by molar-refractivity contribution is 5.76. The number of rotatable bonds is 7. The summed E-state index contributed by atoms with van der Waals surface area (Å²) in [5.74, 6) is -0.106. The van der Waals surface area contributed by atoms with Gasteiger partial charge in [-0.1, -0.05) is 48.5 Å². The molecule has 3 aromatic rings. The van der Waals surface area contributed by atoms with Crippen LogP contribution in [0.2, 0.25) is 0 Å². The standard InChI is InChI=1S/C22H23NO2/c24-16-19(17-25)15-18-11-13-22(14-12-18)23(20-7-3-1-4-8-20)21-9-5-2-6-10-21/h1-14,19,24-25H,15-17H2. The SMILES string of the molecule is OCC(CO)Cc1ccc(N(c2ccccc2)c2ccccc2)cc1. The molecule has 0 saturated heterocycles. The molecular weight excluding hydrogens is 310 g/mol. The summed E-state index contributed by atoms with van der Waals surface area (Å²) >= 11 is 0. The summed E-state index contributed by atoms with van der Waals surface area (Å²) < 4.78 is 0. The molecule has 3 nitrogen and oxygen atoms in total. The highest BCUT2D eigenvalue weighted by Gasteiger charge is 2.12. The van der Waals surface area contributed by atoms with Gasteiger partial charge >= 0.3 is 0 Å². The molecule has 0 amide bonds. The average Bonchev–Trinajstić information content (AvgIpc) is 2.69. The summed E-state index contributed by atoms with van der Waals surface area (Å²) in [4.78, 5) is 2.21. The molecule has 2 N–H and O–H groups in total. The Bertz CT molecular complexity index is 714. The molecule has 0 saturated carbocycles. The molecule has 0 aliphatic carbocycles. The van der Waals surface area contributed by atoms with E-state index >= 15 is 0 Å². The van der Waals surface area contributed by atoms with Crippen LogP contribution in [0.1, 0.15) is 5.56 Å². The third-order valence-electron chi connectivity index (χ3n) is 4.26. The maximum Gasteiger partial charge on any atom is 0.0484 e. The lowest BCUT2D eigenvalue weighted by Gasteiger charge is -2.25. The predicted molar refractivity (Wildman–Crippen MR) is 102 cm³/mol. The Hall–Kier alpha value is -2.62. The van der Waals surface area contributed by atoms with Crippen molar-refractivity contribution in [2.45, 2.75) is 6.42 Å². The van der Waals surface area contributed by atoms with Gasteiger partial charge in [0, 0.05) is 36.2 Å². The molecule has 0 aliphatic rings. The Morgan fingerprint density at radius 2 is 1.04 bits per heavy atom. The molecular formula is C22H23NO2. The van der Waals surface area contributed by atoms with Crippen LogP contribution in [-0.4, -0.2) is 23.4 Å². The van der Waals surface area contributed by atoms with Gasteiger partial charge in [0.1, 0.15) is 0 Å². The van der Waals surface area contributed by atoms with Crippen molar-refractivity contribution in [3.63, 3.8) is 0 Å². The van der Waals surface area contributed by atoms with Crippen LogP contribution in [0.15, 0.2) is 84.9 Å². The Kier molecular flexibility index (Phi) is 5.83. The summed E-state index contributed by atoms with van der Waals surface area (Å²) in [5, 5.41) is 18.5. The van der Waals surface area contributed by atoms with Crippen LogP contribution in [-0.2, 0) is 6.42 Å². The quantitative estimate of drug-likeness (QED) is 0.677. The number of benzene rings is 3. The topological polar surface area (TPSA) is 43.7 Å². The summed E-state index contributed by atoms with van der Waals surface area (Å²) in [5.41, 5.74) is 4.39. The number of aliphatic hydroxyl groups excluding tert-OH is 2. The molecule has 3 heteroatoms. The highest BCUT2D eigenvalue weighted by Crippen LogP contribution is 2.34. The molecule has 0 spiro atoms. The van der Waals surface area contributed by atoms with Crippen molar-refractivity contribution in [2.75, 3.05) is 18.1 Å². The van der Waals surface area contributed by atoms with Crippen LogP contribution >= 0.6 is 0 Å². The predicted octanol–water partition coefficient (Wildman–Crippen LogP) is 4.30. The van der Waals surface area contributed by atoms with Gasteiger partial charge < -0.3 is 15.1 Å². The van der Waals surface area contributed by atoms with Gasteiger partial charge in [-0.25, -0.2) is 0 Å². The summed E-state index contributed by atoms with van der Waals surface area (Å²) in [6.07, 6.45) is 0.671. The minimum atomic E-state index is -0.106. The van der Waals surface area contributed by atoms with Gasteiger partial charge in [-0.3, -0.25) is 0 Å². The van der Waals surface area contributed by atoms with Gasteiger partial charge in [0.25, 0.3) is 0 Å². The fourth-order valence-corrected chi connectivity index (χ4v) is 2.90. The van der Waals surface area contributed by atoms with E-state index in [9.17, 15) is 10.2 Å². The summed E-state index contributed by atoms with van der Waals surface area (Å²) in [6.45, 7) is -0.00316. The molecule has 0 radical (unpaired) electrons. The molecule has 0 fully saturated rings. The van der Waals surface area contributed by atoms with E-state index in [4.69, 9.17) is 0 Å². The first-order chi connectivity index (χ1) is 12.3. The van der Waals surface area contributed by atoms with E-state index in [0.717, 1.165) is 22.6 Å².